The average molecular weight is 430 g/mol. The number of ketones is 1. The molecule has 0 radical (unpaired) electrons. The van der Waals surface area contributed by atoms with Gasteiger partial charge < -0.3 is 9.84 Å². The van der Waals surface area contributed by atoms with E-state index in [9.17, 15) is 9.90 Å². The second kappa shape index (κ2) is 9.62. The van der Waals surface area contributed by atoms with E-state index in [1.54, 1.807) is 7.11 Å². The third-order valence-corrected chi connectivity index (χ3v) is 8.14. The van der Waals surface area contributed by atoms with Crippen molar-refractivity contribution in [1.29, 1.82) is 0 Å². The predicted octanol–water partition coefficient (Wildman–Crippen LogP) is 5.28. The van der Waals surface area contributed by atoms with Gasteiger partial charge in [0.2, 0.25) is 0 Å². The summed E-state index contributed by atoms with van der Waals surface area (Å²) in [4.78, 5) is 15.0. The van der Waals surface area contributed by atoms with Crippen LogP contribution in [0.4, 0.5) is 0 Å². The molecule has 0 aromatic heterocycles. The number of aryl methyl sites for hydroxylation is 1. The van der Waals surface area contributed by atoms with Crippen LogP contribution in [0.2, 0.25) is 0 Å². The van der Waals surface area contributed by atoms with E-state index in [1.807, 2.05) is 6.07 Å². The van der Waals surface area contributed by atoms with Crippen molar-refractivity contribution < 1.29 is 14.6 Å². The standard InChI is InChI=1S/C22H31NO3.C5H12/c1-15-4-7-19(26-3)12-20(15)21-10-11-23(14-17-5-6-17)16(2)22(21,25)9-8-18(24)13-21;1-4-5(2)3/h4,7,12,16-17,25H,5-6,8-11,13-14H2,1-3H3;5H,4H2,1-3H3. The minimum atomic E-state index is -0.870. The molecule has 1 N–H and O–H groups in total. The van der Waals surface area contributed by atoms with Crippen LogP contribution >= 0.6 is 0 Å². The lowest BCUT2D eigenvalue weighted by Crippen LogP contribution is -2.70. The Morgan fingerprint density at radius 3 is 2.52 bits per heavy atom. The van der Waals surface area contributed by atoms with Gasteiger partial charge >= 0.3 is 0 Å². The maximum absolute atomic E-state index is 12.5. The van der Waals surface area contributed by atoms with Gasteiger partial charge in [-0.2, -0.15) is 0 Å². The Kier molecular flexibility index (Phi) is 7.53. The van der Waals surface area contributed by atoms with Crippen LogP contribution in [0.3, 0.4) is 0 Å². The molecule has 1 aromatic rings. The van der Waals surface area contributed by atoms with E-state index in [1.165, 1.54) is 19.3 Å². The first-order valence-corrected chi connectivity index (χ1v) is 12.3. The molecule has 1 aromatic carbocycles. The van der Waals surface area contributed by atoms with Gasteiger partial charge in [0.15, 0.2) is 0 Å². The van der Waals surface area contributed by atoms with Crippen LogP contribution in [0.5, 0.6) is 5.75 Å². The molecule has 0 bridgehead atoms. The number of likely N-dealkylation sites (tertiary alicyclic amines) is 1. The monoisotopic (exact) mass is 429 g/mol. The van der Waals surface area contributed by atoms with Crippen molar-refractivity contribution in [2.45, 2.75) is 96.6 Å². The molecular formula is C27H43NO3. The van der Waals surface area contributed by atoms with Crippen molar-refractivity contribution in [3.8, 4) is 5.75 Å². The normalized spacial score (nSPS) is 31.1. The third kappa shape index (κ3) is 4.85. The largest absolute Gasteiger partial charge is 0.497 e. The number of methoxy groups -OCH3 is 1. The molecule has 1 heterocycles. The molecule has 31 heavy (non-hydrogen) atoms. The lowest BCUT2D eigenvalue weighted by atomic mass is 9.53. The smallest absolute Gasteiger partial charge is 0.134 e. The molecule has 0 amide bonds. The summed E-state index contributed by atoms with van der Waals surface area (Å²) >= 11 is 0. The van der Waals surface area contributed by atoms with E-state index in [2.05, 4.69) is 51.7 Å². The fourth-order valence-electron chi connectivity index (χ4n) is 5.48. The van der Waals surface area contributed by atoms with E-state index < -0.39 is 11.0 Å². The third-order valence-electron chi connectivity index (χ3n) is 8.14. The summed E-state index contributed by atoms with van der Waals surface area (Å²) < 4.78 is 5.47. The molecule has 0 spiro atoms. The zero-order valence-corrected chi connectivity index (χ0v) is 20.5. The molecule has 3 aliphatic rings. The van der Waals surface area contributed by atoms with Crippen molar-refractivity contribution >= 4 is 5.78 Å². The molecule has 174 valence electrons. The van der Waals surface area contributed by atoms with Gasteiger partial charge in [0.05, 0.1) is 12.7 Å². The summed E-state index contributed by atoms with van der Waals surface area (Å²) in [7, 11) is 1.67. The first kappa shape index (κ1) is 24.3. The number of fused-ring (bicyclic) bond motifs is 1. The summed E-state index contributed by atoms with van der Waals surface area (Å²) in [6, 6.07) is 6.15. The Bertz CT molecular complexity index is 772. The number of carbonyl (C=O) groups excluding carboxylic acids is 1. The number of ether oxygens (including phenoxy) is 1. The summed E-state index contributed by atoms with van der Waals surface area (Å²) in [5.74, 6) is 2.76. The van der Waals surface area contributed by atoms with Crippen molar-refractivity contribution in [3.05, 3.63) is 29.3 Å². The number of carbonyl (C=O) groups is 1. The van der Waals surface area contributed by atoms with Gasteiger partial charge in [-0.25, -0.2) is 0 Å². The van der Waals surface area contributed by atoms with E-state index in [0.29, 0.717) is 19.3 Å². The molecule has 4 heteroatoms. The Labute approximate surface area is 189 Å². The predicted molar refractivity (Wildman–Crippen MR) is 127 cm³/mol. The highest BCUT2D eigenvalue weighted by Gasteiger charge is 2.61. The lowest BCUT2D eigenvalue weighted by molar-refractivity contribution is -0.164. The molecule has 4 nitrogen and oxygen atoms in total. The Morgan fingerprint density at radius 1 is 1.26 bits per heavy atom. The van der Waals surface area contributed by atoms with Gasteiger partial charge in [-0.1, -0.05) is 33.3 Å². The number of hydrogen-bond donors (Lipinski definition) is 1. The number of Topliss-reactive ketones (excluding diaryl/α,β-unsaturated/α-hetero) is 1. The highest BCUT2D eigenvalue weighted by molar-refractivity contribution is 5.82. The lowest BCUT2D eigenvalue weighted by Gasteiger charge is -2.60. The zero-order valence-electron chi connectivity index (χ0n) is 20.5. The Morgan fingerprint density at radius 2 is 1.94 bits per heavy atom. The number of aliphatic hydroxyl groups is 1. The van der Waals surface area contributed by atoms with Gasteiger partial charge in [-0.05, 0) is 81.2 Å². The molecule has 2 aliphatic carbocycles. The van der Waals surface area contributed by atoms with Crippen LogP contribution in [0.1, 0.15) is 83.8 Å². The number of benzene rings is 1. The fraction of sp³-hybridized carbons (Fsp3) is 0.741. The average Bonchev–Trinajstić information content (AvgIpc) is 3.57. The minimum Gasteiger partial charge on any atom is -0.497 e. The zero-order chi connectivity index (χ0) is 22.8. The number of nitrogens with zero attached hydrogens (tertiary/aromatic N) is 1. The second-order valence-corrected chi connectivity index (χ2v) is 10.6. The van der Waals surface area contributed by atoms with Crippen LogP contribution < -0.4 is 4.74 Å². The van der Waals surface area contributed by atoms with Gasteiger partial charge in [-0.15, -0.1) is 0 Å². The summed E-state index contributed by atoms with van der Waals surface area (Å²) in [5, 5.41) is 12.0. The molecule has 1 saturated heterocycles. The van der Waals surface area contributed by atoms with Crippen LogP contribution in [-0.4, -0.2) is 47.6 Å². The first-order chi connectivity index (χ1) is 14.7. The molecule has 3 unspecified atom stereocenters. The summed E-state index contributed by atoms with van der Waals surface area (Å²) in [6.45, 7) is 12.9. The first-order valence-electron chi connectivity index (χ1n) is 12.3. The van der Waals surface area contributed by atoms with E-state index >= 15 is 0 Å². The maximum Gasteiger partial charge on any atom is 0.134 e. The quantitative estimate of drug-likeness (QED) is 0.692. The van der Waals surface area contributed by atoms with E-state index in [0.717, 1.165) is 48.2 Å². The number of hydrogen-bond acceptors (Lipinski definition) is 4. The number of piperidine rings is 1. The van der Waals surface area contributed by atoms with Gasteiger partial charge in [0, 0.05) is 30.8 Å². The number of rotatable bonds is 5. The highest BCUT2D eigenvalue weighted by Crippen LogP contribution is 2.54. The van der Waals surface area contributed by atoms with Crippen molar-refractivity contribution in [2.24, 2.45) is 11.8 Å². The Hall–Kier alpha value is -1.39. The van der Waals surface area contributed by atoms with Gasteiger partial charge in [0.25, 0.3) is 0 Å². The highest BCUT2D eigenvalue weighted by atomic mass is 16.5. The Balaban J connectivity index is 0.000000491. The van der Waals surface area contributed by atoms with Crippen molar-refractivity contribution in [2.75, 3.05) is 20.2 Å². The summed E-state index contributed by atoms with van der Waals surface area (Å²) in [6.07, 6.45) is 6.27. The van der Waals surface area contributed by atoms with E-state index in [4.69, 9.17) is 4.74 Å². The fourth-order valence-corrected chi connectivity index (χ4v) is 5.48. The SMILES string of the molecule is CCC(C)C.COc1ccc(C)c(C23CCN(CC4CC4)C(C)C2(O)CCC(=O)C3)c1. The second-order valence-electron chi connectivity index (χ2n) is 10.6. The van der Waals surface area contributed by atoms with Crippen LogP contribution in [0.15, 0.2) is 18.2 Å². The van der Waals surface area contributed by atoms with Crippen LogP contribution in [0.25, 0.3) is 0 Å². The van der Waals surface area contributed by atoms with Crippen molar-refractivity contribution in [3.63, 3.8) is 0 Å². The van der Waals surface area contributed by atoms with Crippen LogP contribution in [-0.2, 0) is 10.2 Å². The molecule has 1 aliphatic heterocycles. The molecule has 2 saturated carbocycles. The maximum atomic E-state index is 12.5. The van der Waals surface area contributed by atoms with Crippen molar-refractivity contribution in [1.82, 2.24) is 4.90 Å². The minimum absolute atomic E-state index is 0.0653. The molecular weight excluding hydrogens is 386 g/mol. The molecule has 4 rings (SSSR count). The van der Waals surface area contributed by atoms with Gasteiger partial charge in [0.1, 0.15) is 11.5 Å². The summed E-state index contributed by atoms with van der Waals surface area (Å²) in [5.41, 5.74) is 0.873. The molecule has 3 fully saturated rings. The van der Waals surface area contributed by atoms with Crippen LogP contribution in [0, 0.1) is 18.8 Å². The topological polar surface area (TPSA) is 49.8 Å². The molecule has 3 atom stereocenters. The van der Waals surface area contributed by atoms with E-state index in [-0.39, 0.29) is 11.8 Å². The van der Waals surface area contributed by atoms with Gasteiger partial charge in [-0.3, -0.25) is 9.69 Å².